The summed E-state index contributed by atoms with van der Waals surface area (Å²) in [7, 11) is 0. The predicted octanol–water partition coefficient (Wildman–Crippen LogP) is 4.28. The maximum absolute atomic E-state index is 5.04. The summed E-state index contributed by atoms with van der Waals surface area (Å²) in [6.45, 7) is 6.90. The smallest absolute Gasteiger partial charge is 0.0303 e. The summed E-state index contributed by atoms with van der Waals surface area (Å²) in [4.78, 5) is 0. The minimum Gasteiger partial charge on any atom is -0.232 e. The molecule has 89 valence electrons. The predicted molar refractivity (Wildman–Crippen MR) is 67.2 cm³/mol. The molecule has 0 aromatic rings. The van der Waals surface area contributed by atoms with Gasteiger partial charge in [-0.15, -0.1) is 0 Å². The van der Waals surface area contributed by atoms with Crippen molar-refractivity contribution in [2.45, 2.75) is 90.1 Å². The SMILES string of the molecule is CCCCCC(C)(C)[N]C1CCCCC1. The fourth-order valence-corrected chi connectivity index (χ4v) is 2.58. The number of nitrogens with zero attached hydrogens (tertiary/aromatic N) is 1. The van der Waals surface area contributed by atoms with Gasteiger partial charge in [0.2, 0.25) is 0 Å². The molecule has 0 spiro atoms. The Hall–Kier alpha value is -0.0400. The Morgan fingerprint density at radius 1 is 1.07 bits per heavy atom. The Bertz CT molecular complexity index is 157. The molecule has 0 aromatic carbocycles. The fraction of sp³-hybridized carbons (Fsp3) is 1.00. The van der Waals surface area contributed by atoms with E-state index >= 15 is 0 Å². The lowest BCUT2D eigenvalue weighted by Crippen LogP contribution is -2.40. The van der Waals surface area contributed by atoms with E-state index in [1.54, 1.807) is 0 Å². The normalized spacial score (nSPS) is 19.4. The van der Waals surface area contributed by atoms with Gasteiger partial charge in [0.1, 0.15) is 0 Å². The molecule has 1 heteroatoms. The largest absolute Gasteiger partial charge is 0.232 e. The summed E-state index contributed by atoms with van der Waals surface area (Å²) in [6, 6.07) is 0.676. The Morgan fingerprint density at radius 3 is 2.33 bits per heavy atom. The maximum Gasteiger partial charge on any atom is 0.0303 e. The Balaban J connectivity index is 2.20. The van der Waals surface area contributed by atoms with Crippen LogP contribution in [0.2, 0.25) is 0 Å². The summed E-state index contributed by atoms with van der Waals surface area (Å²) < 4.78 is 0. The van der Waals surface area contributed by atoms with Crippen LogP contribution in [0.15, 0.2) is 0 Å². The molecule has 0 aliphatic heterocycles. The molecule has 0 atom stereocenters. The molecule has 1 aliphatic rings. The molecular weight excluding hydrogens is 182 g/mol. The topological polar surface area (TPSA) is 14.1 Å². The van der Waals surface area contributed by atoms with Gasteiger partial charge in [-0.05, 0) is 33.1 Å². The van der Waals surface area contributed by atoms with Crippen LogP contribution in [0.4, 0.5) is 0 Å². The van der Waals surface area contributed by atoms with Gasteiger partial charge in [0, 0.05) is 11.6 Å². The third-order valence-corrected chi connectivity index (χ3v) is 3.50. The molecule has 0 amide bonds. The zero-order chi connectivity index (χ0) is 11.1. The third-order valence-electron chi connectivity index (χ3n) is 3.50. The molecule has 1 fully saturated rings. The molecule has 0 N–H and O–H groups in total. The number of hydrogen-bond donors (Lipinski definition) is 0. The highest BCUT2D eigenvalue weighted by Crippen LogP contribution is 2.23. The Labute approximate surface area is 96.0 Å². The summed E-state index contributed by atoms with van der Waals surface area (Å²) >= 11 is 0. The van der Waals surface area contributed by atoms with Gasteiger partial charge in [-0.1, -0.05) is 45.4 Å². The van der Waals surface area contributed by atoms with E-state index in [9.17, 15) is 0 Å². The molecule has 1 aliphatic carbocycles. The fourth-order valence-electron chi connectivity index (χ4n) is 2.58. The zero-order valence-corrected chi connectivity index (χ0v) is 10.9. The van der Waals surface area contributed by atoms with E-state index in [0.717, 1.165) is 0 Å². The van der Waals surface area contributed by atoms with Gasteiger partial charge >= 0.3 is 0 Å². The van der Waals surface area contributed by atoms with Crippen molar-refractivity contribution < 1.29 is 0 Å². The van der Waals surface area contributed by atoms with Gasteiger partial charge < -0.3 is 0 Å². The lowest BCUT2D eigenvalue weighted by atomic mass is 9.90. The van der Waals surface area contributed by atoms with Crippen molar-refractivity contribution in [1.82, 2.24) is 5.32 Å². The van der Waals surface area contributed by atoms with Crippen molar-refractivity contribution in [3.8, 4) is 0 Å². The van der Waals surface area contributed by atoms with Crippen molar-refractivity contribution in [2.75, 3.05) is 0 Å². The third kappa shape index (κ3) is 5.55. The standard InChI is InChI=1S/C14H28N/c1-4-5-9-12-14(2,3)15-13-10-7-6-8-11-13/h13H,4-12H2,1-3H3. The average Bonchev–Trinajstić information content (AvgIpc) is 2.18. The second-order valence-electron chi connectivity index (χ2n) is 5.69. The Morgan fingerprint density at radius 2 is 1.73 bits per heavy atom. The van der Waals surface area contributed by atoms with E-state index in [-0.39, 0.29) is 5.54 Å². The van der Waals surface area contributed by atoms with E-state index in [4.69, 9.17) is 5.32 Å². The van der Waals surface area contributed by atoms with E-state index in [1.165, 1.54) is 57.8 Å². The van der Waals surface area contributed by atoms with E-state index < -0.39 is 0 Å². The Kier molecular flexibility index (Phi) is 5.66. The van der Waals surface area contributed by atoms with Gasteiger partial charge in [-0.3, -0.25) is 0 Å². The van der Waals surface area contributed by atoms with Crippen LogP contribution in [0.3, 0.4) is 0 Å². The zero-order valence-electron chi connectivity index (χ0n) is 10.9. The van der Waals surface area contributed by atoms with Crippen LogP contribution in [0.1, 0.15) is 78.6 Å². The van der Waals surface area contributed by atoms with Crippen molar-refractivity contribution in [3.63, 3.8) is 0 Å². The lowest BCUT2D eigenvalue weighted by molar-refractivity contribution is 0.254. The van der Waals surface area contributed by atoms with E-state index in [0.29, 0.717) is 6.04 Å². The second-order valence-corrected chi connectivity index (χ2v) is 5.69. The molecule has 1 radical (unpaired) electrons. The summed E-state index contributed by atoms with van der Waals surface area (Å²) in [6.07, 6.45) is 12.2. The quantitative estimate of drug-likeness (QED) is 0.581. The molecule has 0 unspecified atom stereocenters. The molecule has 15 heavy (non-hydrogen) atoms. The maximum atomic E-state index is 5.04. The van der Waals surface area contributed by atoms with Crippen LogP contribution >= 0.6 is 0 Å². The van der Waals surface area contributed by atoms with Crippen LogP contribution in [-0.2, 0) is 0 Å². The van der Waals surface area contributed by atoms with Crippen molar-refractivity contribution in [1.29, 1.82) is 0 Å². The highest BCUT2D eigenvalue weighted by atomic mass is 15.0. The number of rotatable bonds is 6. The molecule has 1 saturated carbocycles. The van der Waals surface area contributed by atoms with E-state index in [2.05, 4.69) is 20.8 Å². The van der Waals surface area contributed by atoms with Crippen LogP contribution in [-0.4, -0.2) is 11.6 Å². The highest BCUT2D eigenvalue weighted by molar-refractivity contribution is 4.83. The molecule has 1 rings (SSSR count). The molecule has 1 nitrogen and oxygen atoms in total. The van der Waals surface area contributed by atoms with Crippen molar-refractivity contribution in [2.24, 2.45) is 0 Å². The second kappa shape index (κ2) is 6.52. The van der Waals surface area contributed by atoms with Crippen LogP contribution in [0, 0.1) is 0 Å². The first-order valence-electron chi connectivity index (χ1n) is 6.86. The monoisotopic (exact) mass is 210 g/mol. The van der Waals surface area contributed by atoms with Gasteiger partial charge in [-0.2, -0.15) is 0 Å². The average molecular weight is 210 g/mol. The first-order valence-corrected chi connectivity index (χ1v) is 6.86. The molecule has 0 saturated heterocycles. The van der Waals surface area contributed by atoms with Gasteiger partial charge in [-0.25, -0.2) is 5.32 Å². The van der Waals surface area contributed by atoms with Gasteiger partial charge in [0.15, 0.2) is 0 Å². The first kappa shape index (κ1) is 13.0. The minimum absolute atomic E-state index is 0.233. The van der Waals surface area contributed by atoms with Crippen LogP contribution in [0.5, 0.6) is 0 Å². The van der Waals surface area contributed by atoms with E-state index in [1.807, 2.05) is 0 Å². The minimum atomic E-state index is 0.233. The summed E-state index contributed by atoms with van der Waals surface area (Å²) in [5.74, 6) is 0. The molecule has 0 bridgehead atoms. The number of hydrogen-bond acceptors (Lipinski definition) is 0. The molecule has 0 aromatic heterocycles. The van der Waals surface area contributed by atoms with Crippen molar-refractivity contribution >= 4 is 0 Å². The summed E-state index contributed by atoms with van der Waals surface area (Å²) in [5.41, 5.74) is 0.233. The van der Waals surface area contributed by atoms with Gasteiger partial charge in [0.25, 0.3) is 0 Å². The summed E-state index contributed by atoms with van der Waals surface area (Å²) in [5, 5.41) is 5.04. The first-order chi connectivity index (χ1) is 7.14. The van der Waals surface area contributed by atoms with Crippen LogP contribution < -0.4 is 5.32 Å². The molecular formula is C14H28N. The van der Waals surface area contributed by atoms with Crippen LogP contribution in [0.25, 0.3) is 0 Å². The van der Waals surface area contributed by atoms with Crippen molar-refractivity contribution in [3.05, 3.63) is 0 Å². The molecule has 0 heterocycles. The number of unbranched alkanes of at least 4 members (excludes halogenated alkanes) is 2. The van der Waals surface area contributed by atoms with Gasteiger partial charge in [0.05, 0.1) is 0 Å². The lowest BCUT2D eigenvalue weighted by Gasteiger charge is -2.32. The highest BCUT2D eigenvalue weighted by Gasteiger charge is 2.24.